The van der Waals surface area contributed by atoms with E-state index < -0.39 is 0 Å². The number of para-hydroxylation sites is 1. The second-order valence-corrected chi connectivity index (χ2v) is 5.91. The van der Waals surface area contributed by atoms with Gasteiger partial charge in [-0.15, -0.1) is 0 Å². The average Bonchev–Trinajstić information content (AvgIpc) is 3.02. The molecule has 4 aromatic rings. The fourth-order valence-corrected chi connectivity index (χ4v) is 3.41. The number of carbonyl (C=O) groups excluding carboxylic acids is 1. The third kappa shape index (κ3) is 2.28. The topological polar surface area (TPSA) is 67.8 Å². The molecule has 0 saturated carbocycles. The fourth-order valence-electron chi connectivity index (χ4n) is 2.32. The molecule has 0 radical (unpaired) electrons. The van der Waals surface area contributed by atoms with Gasteiger partial charge in [-0.05, 0) is 0 Å². The molecule has 5 nitrogen and oxygen atoms in total. The Labute approximate surface area is 132 Å². The van der Waals surface area contributed by atoms with Crippen LogP contribution in [0, 0.1) is 0 Å². The number of nitrogens with zero attached hydrogens (tertiary/aromatic N) is 3. The quantitative estimate of drug-likeness (QED) is 0.562. The first-order valence-electron chi connectivity index (χ1n) is 6.69. The zero-order valence-electron chi connectivity index (χ0n) is 11.4. The normalized spacial score (nSPS) is 10.9. The van der Waals surface area contributed by atoms with E-state index in [2.05, 4.69) is 18.3 Å². The summed E-state index contributed by atoms with van der Waals surface area (Å²) in [5.74, 6) is -0.171. The molecule has 0 aliphatic rings. The summed E-state index contributed by atoms with van der Waals surface area (Å²) in [6.45, 7) is 0. The molecule has 0 spiro atoms. The van der Waals surface area contributed by atoms with Crippen molar-refractivity contribution >= 4 is 48.5 Å². The average molecular weight is 353 g/mol. The molecule has 2 aromatic carbocycles. The Morgan fingerprint density at radius 1 is 1.00 bits per heavy atom. The van der Waals surface area contributed by atoms with Gasteiger partial charge in [-0.2, -0.15) is 0 Å². The van der Waals surface area contributed by atoms with Crippen LogP contribution in [-0.4, -0.2) is 33.8 Å². The third-order valence-corrected chi connectivity index (χ3v) is 4.56. The van der Waals surface area contributed by atoms with Gasteiger partial charge < -0.3 is 0 Å². The second kappa shape index (κ2) is 5.33. The summed E-state index contributed by atoms with van der Waals surface area (Å²) in [7, 11) is 0. The van der Waals surface area contributed by atoms with Gasteiger partial charge in [0.2, 0.25) is 0 Å². The SMILES string of the molecule is O=C(Nc1cccc2cccnc12)c1ccc2n[se]nc2c1. The van der Waals surface area contributed by atoms with E-state index >= 15 is 0 Å². The van der Waals surface area contributed by atoms with Crippen molar-refractivity contribution in [1.82, 2.24) is 12.9 Å². The number of aromatic nitrogens is 3. The summed E-state index contributed by atoms with van der Waals surface area (Å²) in [6.07, 6.45) is 1.72. The molecule has 0 unspecified atom stereocenters. The number of hydrogen-bond acceptors (Lipinski definition) is 4. The molecule has 1 N–H and O–H groups in total. The van der Waals surface area contributed by atoms with Crippen LogP contribution in [0.2, 0.25) is 0 Å². The third-order valence-electron chi connectivity index (χ3n) is 3.40. The number of carbonyl (C=O) groups is 1. The first-order chi connectivity index (χ1) is 10.8. The van der Waals surface area contributed by atoms with E-state index in [4.69, 9.17) is 0 Å². The van der Waals surface area contributed by atoms with Crippen LogP contribution in [0.15, 0.2) is 54.7 Å². The molecule has 0 fully saturated rings. The zero-order valence-corrected chi connectivity index (χ0v) is 13.1. The van der Waals surface area contributed by atoms with Gasteiger partial charge >= 0.3 is 132 Å². The summed E-state index contributed by atoms with van der Waals surface area (Å²) < 4.78 is 8.58. The van der Waals surface area contributed by atoms with E-state index in [0.29, 0.717) is 11.3 Å². The van der Waals surface area contributed by atoms with Gasteiger partial charge in [-0.3, -0.25) is 0 Å². The zero-order chi connectivity index (χ0) is 14.9. The molecular formula is C16H10N4OSe. The summed E-state index contributed by atoms with van der Waals surface area (Å²) in [5, 5.41) is 3.92. The molecule has 0 aliphatic carbocycles. The summed E-state index contributed by atoms with van der Waals surface area (Å²) in [6, 6.07) is 15.0. The number of anilines is 1. The molecule has 1 amide bonds. The van der Waals surface area contributed by atoms with Crippen molar-refractivity contribution < 1.29 is 4.79 Å². The summed E-state index contributed by atoms with van der Waals surface area (Å²) >= 11 is -0.0863. The van der Waals surface area contributed by atoms with E-state index in [9.17, 15) is 4.79 Å². The Hall–Kier alpha value is -2.56. The Kier molecular flexibility index (Phi) is 3.18. The van der Waals surface area contributed by atoms with Crippen molar-refractivity contribution in [3.63, 3.8) is 0 Å². The van der Waals surface area contributed by atoms with E-state index in [0.717, 1.165) is 21.9 Å². The van der Waals surface area contributed by atoms with Gasteiger partial charge in [0.15, 0.2) is 0 Å². The molecule has 6 heteroatoms. The predicted molar refractivity (Wildman–Crippen MR) is 86.2 cm³/mol. The minimum atomic E-state index is -0.171. The van der Waals surface area contributed by atoms with Crippen molar-refractivity contribution in [2.75, 3.05) is 5.32 Å². The van der Waals surface area contributed by atoms with Crippen LogP contribution < -0.4 is 5.32 Å². The molecule has 0 bridgehead atoms. The Bertz CT molecular complexity index is 990. The van der Waals surface area contributed by atoms with Crippen LogP contribution in [0.25, 0.3) is 21.9 Å². The van der Waals surface area contributed by atoms with Crippen molar-refractivity contribution in [3.8, 4) is 0 Å². The van der Waals surface area contributed by atoms with Crippen LogP contribution in [-0.2, 0) is 0 Å². The first-order valence-corrected chi connectivity index (χ1v) is 8.22. The summed E-state index contributed by atoms with van der Waals surface area (Å²) in [4.78, 5) is 16.8. The number of pyridine rings is 1. The van der Waals surface area contributed by atoms with Crippen LogP contribution in [0.5, 0.6) is 0 Å². The van der Waals surface area contributed by atoms with Crippen molar-refractivity contribution in [2.24, 2.45) is 0 Å². The standard InChI is InChI=1S/C16H10N4OSe/c21-16(11-6-7-12-14(9-11)20-22-19-12)18-13-5-1-3-10-4-2-8-17-15(10)13/h1-9H,(H,18,21). The van der Waals surface area contributed by atoms with Crippen molar-refractivity contribution in [3.05, 3.63) is 60.3 Å². The van der Waals surface area contributed by atoms with Gasteiger partial charge in [0.25, 0.3) is 0 Å². The van der Waals surface area contributed by atoms with Gasteiger partial charge in [0.05, 0.1) is 0 Å². The maximum atomic E-state index is 12.5. The number of nitrogens with one attached hydrogen (secondary N) is 1. The molecule has 4 rings (SSSR count). The monoisotopic (exact) mass is 354 g/mol. The van der Waals surface area contributed by atoms with Crippen LogP contribution in [0.1, 0.15) is 10.4 Å². The predicted octanol–water partition coefficient (Wildman–Crippen LogP) is 2.49. The number of hydrogen-bond donors (Lipinski definition) is 1. The van der Waals surface area contributed by atoms with E-state index in [1.807, 2.05) is 36.4 Å². The number of fused-ring (bicyclic) bond motifs is 2. The molecule has 0 saturated heterocycles. The van der Waals surface area contributed by atoms with Gasteiger partial charge in [0.1, 0.15) is 0 Å². The van der Waals surface area contributed by atoms with Crippen molar-refractivity contribution in [2.45, 2.75) is 0 Å². The summed E-state index contributed by atoms with van der Waals surface area (Å²) in [5.41, 5.74) is 3.72. The molecular weight excluding hydrogens is 343 g/mol. The van der Waals surface area contributed by atoms with Crippen molar-refractivity contribution in [1.29, 1.82) is 0 Å². The molecule has 2 heterocycles. The van der Waals surface area contributed by atoms with Crippen LogP contribution in [0.3, 0.4) is 0 Å². The Morgan fingerprint density at radius 3 is 2.82 bits per heavy atom. The molecule has 0 atom stereocenters. The van der Waals surface area contributed by atoms with Gasteiger partial charge in [0, 0.05) is 0 Å². The number of amides is 1. The Balaban J connectivity index is 1.71. The molecule has 0 aliphatic heterocycles. The van der Waals surface area contributed by atoms with Gasteiger partial charge in [-0.25, -0.2) is 0 Å². The second-order valence-electron chi connectivity index (χ2n) is 4.80. The molecule has 106 valence electrons. The van der Waals surface area contributed by atoms with E-state index in [-0.39, 0.29) is 20.9 Å². The first kappa shape index (κ1) is 13.1. The van der Waals surface area contributed by atoms with Crippen LogP contribution >= 0.6 is 0 Å². The maximum absolute atomic E-state index is 12.5. The number of benzene rings is 2. The minimum absolute atomic E-state index is 0.0863. The fraction of sp³-hybridized carbons (Fsp3) is 0. The number of rotatable bonds is 2. The van der Waals surface area contributed by atoms with Gasteiger partial charge in [-0.1, -0.05) is 0 Å². The van der Waals surface area contributed by atoms with E-state index in [1.165, 1.54) is 0 Å². The van der Waals surface area contributed by atoms with Crippen LogP contribution in [0.4, 0.5) is 5.69 Å². The Morgan fingerprint density at radius 2 is 1.86 bits per heavy atom. The molecule has 22 heavy (non-hydrogen) atoms. The van der Waals surface area contributed by atoms with E-state index in [1.54, 1.807) is 18.3 Å². The molecule has 2 aromatic heterocycles.